The first-order valence-electron chi connectivity index (χ1n) is 17.0. The highest BCUT2D eigenvalue weighted by molar-refractivity contribution is 5.78. The van der Waals surface area contributed by atoms with Crippen molar-refractivity contribution in [2.24, 2.45) is 11.8 Å². The van der Waals surface area contributed by atoms with E-state index in [2.05, 4.69) is 138 Å². The van der Waals surface area contributed by atoms with Gasteiger partial charge >= 0.3 is 0 Å². The molecule has 0 spiro atoms. The van der Waals surface area contributed by atoms with Crippen molar-refractivity contribution in [3.05, 3.63) is 150 Å². The van der Waals surface area contributed by atoms with Crippen molar-refractivity contribution >= 4 is 17.1 Å². The van der Waals surface area contributed by atoms with Crippen LogP contribution < -0.4 is 4.90 Å². The van der Waals surface area contributed by atoms with Crippen LogP contribution in [0.15, 0.2) is 133 Å². The van der Waals surface area contributed by atoms with Crippen molar-refractivity contribution in [2.45, 2.75) is 69.1 Å². The quantitative estimate of drug-likeness (QED) is 0.187. The van der Waals surface area contributed by atoms with Gasteiger partial charge in [0, 0.05) is 22.5 Å². The van der Waals surface area contributed by atoms with E-state index in [-0.39, 0.29) is 5.41 Å². The minimum Gasteiger partial charge on any atom is -0.311 e. The average molecular weight is 574 g/mol. The van der Waals surface area contributed by atoms with Crippen LogP contribution in [-0.4, -0.2) is 0 Å². The number of hydrogen-bond donors (Lipinski definition) is 0. The third-order valence-electron chi connectivity index (χ3n) is 11.3. The first kappa shape index (κ1) is 27.4. The lowest BCUT2D eigenvalue weighted by Crippen LogP contribution is -2.30. The van der Waals surface area contributed by atoms with Crippen molar-refractivity contribution in [2.75, 3.05) is 4.90 Å². The second-order valence-electron chi connectivity index (χ2n) is 13.7. The van der Waals surface area contributed by atoms with Gasteiger partial charge in [0.1, 0.15) is 0 Å². The van der Waals surface area contributed by atoms with Crippen LogP contribution in [0.25, 0.3) is 11.1 Å². The van der Waals surface area contributed by atoms with Crippen LogP contribution in [-0.2, 0) is 5.41 Å². The van der Waals surface area contributed by atoms with Gasteiger partial charge in [0.25, 0.3) is 0 Å². The summed E-state index contributed by atoms with van der Waals surface area (Å²) < 4.78 is 0. The van der Waals surface area contributed by atoms with Crippen LogP contribution >= 0.6 is 0 Å². The molecule has 0 saturated heterocycles. The molecule has 8 rings (SSSR count). The molecule has 5 aromatic rings. The predicted octanol–water partition coefficient (Wildman–Crippen LogP) is 12.0. The summed E-state index contributed by atoms with van der Waals surface area (Å²) in [5.41, 5.74) is 10.7. The molecule has 1 nitrogen and oxygen atoms in total. The average Bonchev–Trinajstić information content (AvgIpc) is 3.75. The van der Waals surface area contributed by atoms with Crippen LogP contribution in [0, 0.1) is 11.8 Å². The highest BCUT2D eigenvalue weighted by Gasteiger charge is 2.40. The third-order valence-corrected chi connectivity index (χ3v) is 11.3. The third kappa shape index (κ3) is 5.07. The Hall–Kier alpha value is -4.10. The molecule has 3 unspecified atom stereocenters. The Labute approximate surface area is 263 Å². The zero-order valence-corrected chi connectivity index (χ0v) is 25.7. The van der Waals surface area contributed by atoms with Crippen LogP contribution in [0.1, 0.15) is 80.4 Å². The summed E-state index contributed by atoms with van der Waals surface area (Å²) in [4.78, 5) is 2.44. The van der Waals surface area contributed by atoms with Crippen LogP contribution in [0.2, 0.25) is 0 Å². The van der Waals surface area contributed by atoms with Gasteiger partial charge in [-0.25, -0.2) is 0 Å². The number of anilines is 3. The van der Waals surface area contributed by atoms with Gasteiger partial charge in [-0.3, -0.25) is 0 Å². The minimum absolute atomic E-state index is 0.114. The van der Waals surface area contributed by atoms with Crippen molar-refractivity contribution in [3.63, 3.8) is 0 Å². The second-order valence-corrected chi connectivity index (χ2v) is 13.7. The smallest absolute Gasteiger partial charge is 0.0462 e. The Morgan fingerprint density at radius 2 is 1.02 bits per heavy atom. The summed E-state index contributed by atoms with van der Waals surface area (Å²) in [6, 6.07) is 50.2. The Balaban J connectivity index is 1.16. The molecular formula is C43H43N. The molecule has 0 heterocycles. The number of fused-ring (bicyclic) bond motifs is 2. The predicted molar refractivity (Wildman–Crippen MR) is 185 cm³/mol. The zero-order chi connectivity index (χ0) is 29.3. The molecule has 5 aromatic carbocycles. The lowest BCUT2D eigenvalue weighted by atomic mass is 9.65. The molecule has 3 aliphatic carbocycles. The molecule has 3 fully saturated rings. The molecule has 1 heteroatoms. The van der Waals surface area contributed by atoms with E-state index < -0.39 is 0 Å². The van der Waals surface area contributed by atoms with Crippen molar-refractivity contribution in [1.82, 2.24) is 0 Å². The van der Waals surface area contributed by atoms with Crippen LogP contribution in [0.4, 0.5) is 17.1 Å². The van der Waals surface area contributed by atoms with Gasteiger partial charge in [0.15, 0.2) is 0 Å². The molecule has 2 bridgehead atoms. The second kappa shape index (κ2) is 11.8. The summed E-state index contributed by atoms with van der Waals surface area (Å²) in [6.07, 6.45) is 12.1. The molecule has 0 amide bonds. The SMILES string of the molecule is c1ccc(-c2ccc(N(c3ccc(C4CC5CCC4C5)cc3)c3ccc(C4(c5ccccc5)CCCCC4)cc3)cc2)cc1. The fourth-order valence-corrected chi connectivity index (χ4v) is 8.99. The lowest BCUT2D eigenvalue weighted by molar-refractivity contribution is 0.346. The van der Waals surface area contributed by atoms with Crippen molar-refractivity contribution < 1.29 is 0 Å². The molecule has 3 aliphatic rings. The Bertz CT molecular complexity index is 1660. The highest BCUT2D eigenvalue weighted by Crippen LogP contribution is 2.53. The lowest BCUT2D eigenvalue weighted by Gasteiger charge is -2.39. The molecule has 3 saturated carbocycles. The standard InChI is InChI=1S/C43H43N/c1-4-10-33(11-5-1)34-16-22-39(23-17-34)44(40-24-18-35(19-25-40)42-31-32-14-15-36(42)30-32)41-26-20-38(21-27-41)43(28-8-3-9-29-43)37-12-6-2-7-13-37/h1-2,4-7,10-13,16-27,32,36,42H,3,8-9,14-15,28-31H2. The van der Waals surface area contributed by atoms with E-state index in [1.54, 1.807) is 0 Å². The fraction of sp³-hybridized carbons (Fsp3) is 0.302. The summed E-state index contributed by atoms with van der Waals surface area (Å²) >= 11 is 0. The molecule has 44 heavy (non-hydrogen) atoms. The van der Waals surface area contributed by atoms with Crippen molar-refractivity contribution in [3.8, 4) is 11.1 Å². The number of hydrogen-bond acceptors (Lipinski definition) is 1. The van der Waals surface area contributed by atoms with E-state index in [9.17, 15) is 0 Å². The summed E-state index contributed by atoms with van der Waals surface area (Å²) in [6.45, 7) is 0. The summed E-state index contributed by atoms with van der Waals surface area (Å²) in [5.74, 6) is 2.62. The van der Waals surface area contributed by atoms with Crippen molar-refractivity contribution in [1.29, 1.82) is 0 Å². The largest absolute Gasteiger partial charge is 0.311 e. The van der Waals surface area contributed by atoms with Gasteiger partial charge in [-0.2, -0.15) is 0 Å². The first-order valence-corrected chi connectivity index (χ1v) is 17.0. The molecule has 0 aromatic heterocycles. The van der Waals surface area contributed by atoms with Gasteiger partial charge in [-0.05, 0) is 114 Å². The Kier molecular flexibility index (Phi) is 7.34. The summed E-state index contributed by atoms with van der Waals surface area (Å²) in [7, 11) is 0. The molecule has 0 radical (unpaired) electrons. The maximum atomic E-state index is 2.44. The molecule has 0 N–H and O–H groups in total. The monoisotopic (exact) mass is 573 g/mol. The maximum Gasteiger partial charge on any atom is 0.0462 e. The van der Waals surface area contributed by atoms with Crippen LogP contribution in [0.3, 0.4) is 0 Å². The molecule has 3 atom stereocenters. The van der Waals surface area contributed by atoms with E-state index >= 15 is 0 Å². The first-order chi connectivity index (χ1) is 21.8. The van der Waals surface area contributed by atoms with E-state index in [1.165, 1.54) is 103 Å². The fourth-order valence-electron chi connectivity index (χ4n) is 8.99. The van der Waals surface area contributed by atoms with Gasteiger partial charge in [-0.15, -0.1) is 0 Å². The maximum absolute atomic E-state index is 2.44. The molecule has 220 valence electrons. The van der Waals surface area contributed by atoms with E-state index in [4.69, 9.17) is 0 Å². The van der Waals surface area contributed by atoms with Crippen LogP contribution in [0.5, 0.6) is 0 Å². The van der Waals surface area contributed by atoms with Gasteiger partial charge in [0.05, 0.1) is 0 Å². The number of nitrogens with zero attached hydrogens (tertiary/aromatic N) is 1. The van der Waals surface area contributed by atoms with E-state index in [1.807, 2.05) is 0 Å². The van der Waals surface area contributed by atoms with E-state index in [0.29, 0.717) is 0 Å². The highest BCUT2D eigenvalue weighted by atomic mass is 15.1. The Morgan fingerprint density at radius 3 is 1.61 bits per heavy atom. The number of benzene rings is 5. The summed E-state index contributed by atoms with van der Waals surface area (Å²) in [5, 5.41) is 0. The molecule has 0 aliphatic heterocycles. The van der Waals surface area contributed by atoms with E-state index in [0.717, 1.165) is 17.8 Å². The van der Waals surface area contributed by atoms with Gasteiger partial charge in [-0.1, -0.05) is 123 Å². The number of rotatable bonds is 7. The Morgan fingerprint density at radius 1 is 0.477 bits per heavy atom. The van der Waals surface area contributed by atoms with Gasteiger partial charge in [0.2, 0.25) is 0 Å². The zero-order valence-electron chi connectivity index (χ0n) is 25.7. The normalized spacial score (nSPS) is 22.1. The van der Waals surface area contributed by atoms with Gasteiger partial charge < -0.3 is 4.90 Å². The molecular weight excluding hydrogens is 530 g/mol. The minimum atomic E-state index is 0.114. The topological polar surface area (TPSA) is 3.24 Å².